The van der Waals surface area contributed by atoms with Crippen LogP contribution in [-0.4, -0.2) is 35.4 Å². The van der Waals surface area contributed by atoms with Gasteiger partial charge in [-0.15, -0.1) is 5.10 Å². The molecule has 0 unspecified atom stereocenters. The Bertz CT molecular complexity index is 1490. The summed E-state index contributed by atoms with van der Waals surface area (Å²) in [7, 11) is -2.17. The van der Waals surface area contributed by atoms with Crippen LogP contribution in [-0.2, 0) is 23.2 Å². The van der Waals surface area contributed by atoms with Crippen LogP contribution in [0, 0.1) is 17.0 Å². The molecule has 0 aliphatic carbocycles. The largest absolute Gasteiger partial charge is 0.493 e. The lowest BCUT2D eigenvalue weighted by Crippen LogP contribution is -2.23. The highest BCUT2D eigenvalue weighted by atomic mass is 32.2. The zero-order valence-corrected chi connectivity index (χ0v) is 20.3. The normalized spacial score (nSPS) is 11.3. The van der Waals surface area contributed by atoms with Gasteiger partial charge in [0.1, 0.15) is 12.3 Å². The van der Waals surface area contributed by atoms with Gasteiger partial charge in [-0.2, -0.15) is 0 Å². The maximum atomic E-state index is 12.5. The number of nitro groups is 1. The lowest BCUT2D eigenvalue weighted by molar-refractivity contribution is -0.384. The molecule has 1 aromatic heterocycles. The molecule has 1 heterocycles. The maximum absolute atomic E-state index is 12.5. The van der Waals surface area contributed by atoms with Crippen molar-refractivity contribution in [2.24, 2.45) is 0 Å². The van der Waals surface area contributed by atoms with Crippen molar-refractivity contribution in [1.82, 2.24) is 19.7 Å². The average molecular weight is 510 g/mol. The Kier molecular flexibility index (Phi) is 7.27. The molecule has 0 aliphatic rings. The summed E-state index contributed by atoms with van der Waals surface area (Å²) in [5.74, 6) is 0.862. The van der Waals surface area contributed by atoms with E-state index in [1.807, 2.05) is 6.92 Å². The van der Waals surface area contributed by atoms with E-state index < -0.39 is 14.9 Å². The summed E-state index contributed by atoms with van der Waals surface area (Å²) >= 11 is 0. The van der Waals surface area contributed by atoms with E-state index in [9.17, 15) is 18.5 Å². The number of nitro benzene ring substituents is 1. The molecule has 1 N–H and O–H groups in total. The fourth-order valence-corrected chi connectivity index (χ4v) is 4.33. The maximum Gasteiger partial charge on any atom is 0.271 e. The third-order valence-electron chi connectivity index (χ3n) is 5.25. The van der Waals surface area contributed by atoms with E-state index >= 15 is 0 Å². The smallest absolute Gasteiger partial charge is 0.271 e. The molecule has 4 aromatic rings. The molecular weight excluding hydrogens is 486 g/mol. The molecule has 0 amide bonds. The van der Waals surface area contributed by atoms with Gasteiger partial charge in [0.15, 0.2) is 11.5 Å². The molecular formula is C24H23N5O6S. The minimum Gasteiger partial charge on any atom is -0.493 e. The molecule has 11 nitrogen and oxygen atoms in total. The number of methoxy groups -OCH3 is 1. The molecule has 4 rings (SSSR count). The molecule has 0 aliphatic heterocycles. The first-order valence-corrected chi connectivity index (χ1v) is 12.3. The van der Waals surface area contributed by atoms with Crippen molar-refractivity contribution < 1.29 is 22.8 Å². The van der Waals surface area contributed by atoms with Gasteiger partial charge in [0.05, 0.1) is 28.8 Å². The molecule has 0 bridgehead atoms. The Labute approximate surface area is 207 Å². The molecule has 36 heavy (non-hydrogen) atoms. The summed E-state index contributed by atoms with van der Waals surface area (Å²) in [6.45, 7) is 2.04. The van der Waals surface area contributed by atoms with Gasteiger partial charge in [0, 0.05) is 18.7 Å². The van der Waals surface area contributed by atoms with Crippen LogP contribution in [0.3, 0.4) is 0 Å². The van der Waals surface area contributed by atoms with Crippen LogP contribution in [0.25, 0.3) is 5.69 Å². The van der Waals surface area contributed by atoms with Crippen molar-refractivity contribution in [2.75, 3.05) is 7.11 Å². The second-order valence-electron chi connectivity index (χ2n) is 7.84. The summed E-state index contributed by atoms with van der Waals surface area (Å²) in [4.78, 5) is 10.7. The fourth-order valence-electron chi connectivity index (χ4n) is 3.31. The zero-order valence-electron chi connectivity index (χ0n) is 19.5. The highest BCUT2D eigenvalue weighted by Gasteiger charge is 2.15. The predicted octanol–water partition coefficient (Wildman–Crippen LogP) is 3.55. The van der Waals surface area contributed by atoms with E-state index in [1.165, 1.54) is 23.9 Å². The fraction of sp³-hybridized carbons (Fsp3) is 0.167. The van der Waals surface area contributed by atoms with E-state index in [1.54, 1.807) is 60.8 Å². The minimum absolute atomic E-state index is 0.0493. The molecule has 0 radical (unpaired) electrons. The van der Waals surface area contributed by atoms with E-state index in [0.717, 1.165) is 5.56 Å². The van der Waals surface area contributed by atoms with Crippen LogP contribution in [0.4, 0.5) is 5.69 Å². The van der Waals surface area contributed by atoms with Crippen LogP contribution in [0.5, 0.6) is 11.5 Å². The Hall–Kier alpha value is -4.29. The molecule has 0 fully saturated rings. The van der Waals surface area contributed by atoms with Crippen molar-refractivity contribution >= 4 is 15.7 Å². The first-order chi connectivity index (χ1) is 17.2. The van der Waals surface area contributed by atoms with Gasteiger partial charge in [0.2, 0.25) is 10.0 Å². The molecule has 0 atom stereocenters. The second kappa shape index (κ2) is 10.5. The van der Waals surface area contributed by atoms with Gasteiger partial charge in [-0.25, -0.2) is 17.8 Å². The van der Waals surface area contributed by atoms with Crippen LogP contribution < -0.4 is 14.2 Å². The second-order valence-corrected chi connectivity index (χ2v) is 9.61. The highest BCUT2D eigenvalue weighted by molar-refractivity contribution is 7.89. The number of hydrogen-bond donors (Lipinski definition) is 1. The monoisotopic (exact) mass is 509 g/mol. The number of aryl methyl sites for hydroxylation is 1. The predicted molar refractivity (Wildman–Crippen MR) is 131 cm³/mol. The highest BCUT2D eigenvalue weighted by Crippen LogP contribution is 2.29. The lowest BCUT2D eigenvalue weighted by atomic mass is 10.2. The molecule has 186 valence electrons. The van der Waals surface area contributed by atoms with Crippen LogP contribution >= 0.6 is 0 Å². The first kappa shape index (κ1) is 24.8. The Morgan fingerprint density at radius 3 is 2.56 bits per heavy atom. The first-order valence-electron chi connectivity index (χ1n) is 10.8. The molecule has 0 spiro atoms. The van der Waals surface area contributed by atoms with Crippen molar-refractivity contribution in [3.8, 4) is 17.2 Å². The third-order valence-corrected chi connectivity index (χ3v) is 6.66. The lowest BCUT2D eigenvalue weighted by Gasteiger charge is -2.12. The van der Waals surface area contributed by atoms with E-state index in [4.69, 9.17) is 9.47 Å². The quantitative estimate of drug-likeness (QED) is 0.253. The van der Waals surface area contributed by atoms with Crippen molar-refractivity contribution in [2.45, 2.75) is 25.0 Å². The number of benzene rings is 3. The molecule has 12 heteroatoms. The zero-order chi connectivity index (χ0) is 25.7. The number of nitrogens with zero attached hydrogens (tertiary/aromatic N) is 4. The summed E-state index contributed by atoms with van der Waals surface area (Å²) in [5.41, 5.74) is 2.61. The number of ether oxygens (including phenoxy) is 2. The SMILES string of the molecule is COc1cc(CNS(=O)(=O)c2ccc(C)cc2)ccc1OCc1cn(-c2cccc([N+](=O)[O-])c2)nn1. The van der Waals surface area contributed by atoms with Crippen molar-refractivity contribution in [3.05, 3.63) is 99.9 Å². The molecule has 0 saturated carbocycles. The summed E-state index contributed by atoms with van der Waals surface area (Å²) in [5, 5.41) is 19.0. The third kappa shape index (κ3) is 5.85. The van der Waals surface area contributed by atoms with Crippen LogP contribution in [0.15, 0.2) is 77.8 Å². The number of rotatable bonds is 10. The number of aromatic nitrogens is 3. The number of hydrogen-bond acceptors (Lipinski definition) is 8. The van der Waals surface area contributed by atoms with Gasteiger partial charge >= 0.3 is 0 Å². The summed E-state index contributed by atoms with van der Waals surface area (Å²) < 4.78 is 40.3. The van der Waals surface area contributed by atoms with Gasteiger partial charge in [-0.1, -0.05) is 35.0 Å². The van der Waals surface area contributed by atoms with Gasteiger partial charge < -0.3 is 9.47 Å². The van der Waals surface area contributed by atoms with Crippen LogP contribution in [0.2, 0.25) is 0 Å². The Balaban J connectivity index is 1.40. The van der Waals surface area contributed by atoms with E-state index in [2.05, 4.69) is 15.0 Å². The number of non-ortho nitro benzene ring substituents is 1. The number of sulfonamides is 1. The topological polar surface area (TPSA) is 138 Å². The van der Waals surface area contributed by atoms with Gasteiger partial charge in [-0.05, 0) is 42.8 Å². The number of nitrogens with one attached hydrogen (secondary N) is 1. The van der Waals surface area contributed by atoms with Gasteiger partial charge in [-0.3, -0.25) is 10.1 Å². The average Bonchev–Trinajstić information content (AvgIpc) is 3.36. The standard InChI is InChI=1S/C24H23N5O6S/c1-17-6-9-22(10-7-17)36(32,33)25-14-18-8-11-23(24(12-18)34-2)35-16-19-15-28(27-26-19)20-4-3-5-21(13-20)29(30)31/h3-13,15,25H,14,16H2,1-2H3. The molecule has 3 aromatic carbocycles. The Morgan fingerprint density at radius 1 is 1.06 bits per heavy atom. The molecule has 0 saturated heterocycles. The van der Waals surface area contributed by atoms with Crippen molar-refractivity contribution in [1.29, 1.82) is 0 Å². The van der Waals surface area contributed by atoms with E-state index in [-0.39, 0.29) is 23.7 Å². The van der Waals surface area contributed by atoms with E-state index in [0.29, 0.717) is 28.4 Å². The van der Waals surface area contributed by atoms with Gasteiger partial charge in [0.25, 0.3) is 5.69 Å². The summed E-state index contributed by atoms with van der Waals surface area (Å²) in [6, 6.07) is 17.7. The summed E-state index contributed by atoms with van der Waals surface area (Å²) in [6.07, 6.45) is 1.61. The Morgan fingerprint density at radius 2 is 1.83 bits per heavy atom. The van der Waals surface area contributed by atoms with Crippen LogP contribution in [0.1, 0.15) is 16.8 Å². The van der Waals surface area contributed by atoms with Crippen molar-refractivity contribution in [3.63, 3.8) is 0 Å². The minimum atomic E-state index is -3.66.